The Kier molecular flexibility index (Phi) is 5.12. The fourth-order valence-electron chi connectivity index (χ4n) is 3.00. The van der Waals surface area contributed by atoms with Crippen molar-refractivity contribution in [3.8, 4) is 11.8 Å². The number of rotatable bonds is 6. The molecule has 150 valence electrons. The van der Waals surface area contributed by atoms with Crippen LogP contribution in [-0.2, 0) is 16.6 Å². The minimum atomic E-state index is -4.05. The molecule has 0 amide bonds. The highest BCUT2D eigenvalue weighted by Gasteiger charge is 2.21. The van der Waals surface area contributed by atoms with E-state index in [4.69, 9.17) is 10.00 Å². The van der Waals surface area contributed by atoms with Gasteiger partial charge in [-0.05, 0) is 35.9 Å². The number of fused-ring (bicyclic) bond motifs is 1. The summed E-state index contributed by atoms with van der Waals surface area (Å²) in [7, 11) is -4.05. The lowest BCUT2D eigenvalue weighted by Crippen LogP contribution is -2.13. The Morgan fingerprint density at radius 1 is 1.07 bits per heavy atom. The molecule has 0 spiro atoms. The molecule has 0 unspecified atom stereocenters. The van der Waals surface area contributed by atoms with Gasteiger partial charge in [0.05, 0.1) is 22.8 Å². The van der Waals surface area contributed by atoms with E-state index in [2.05, 4.69) is 9.71 Å². The van der Waals surface area contributed by atoms with Crippen LogP contribution in [0.4, 0.5) is 10.1 Å². The van der Waals surface area contributed by atoms with Gasteiger partial charge in [-0.1, -0.05) is 30.3 Å². The highest BCUT2D eigenvalue weighted by atomic mass is 32.2. The SMILES string of the molecule is N#Cc1ccc(NS(=O)(=O)c2c[nH]c3cc(OCc4ccccc4)ccc23)c(F)c1. The first kappa shape index (κ1) is 19.5. The topological polar surface area (TPSA) is 95.0 Å². The molecule has 4 rings (SSSR count). The van der Waals surface area contributed by atoms with Crippen LogP contribution in [0.1, 0.15) is 11.1 Å². The Bertz CT molecular complexity index is 1360. The average Bonchev–Trinajstić information content (AvgIpc) is 3.18. The molecule has 6 nitrogen and oxygen atoms in total. The van der Waals surface area contributed by atoms with Crippen molar-refractivity contribution >= 4 is 26.6 Å². The molecule has 0 aliphatic carbocycles. The minimum absolute atomic E-state index is 0.0177. The number of hydrogen-bond acceptors (Lipinski definition) is 4. The summed E-state index contributed by atoms with van der Waals surface area (Å²) in [5.41, 5.74) is 1.46. The predicted molar refractivity (Wildman–Crippen MR) is 111 cm³/mol. The summed E-state index contributed by atoms with van der Waals surface area (Å²) < 4.78 is 47.7. The molecule has 0 bridgehead atoms. The molecule has 0 saturated heterocycles. The van der Waals surface area contributed by atoms with Crippen molar-refractivity contribution in [2.45, 2.75) is 11.5 Å². The summed E-state index contributed by atoms with van der Waals surface area (Å²) >= 11 is 0. The van der Waals surface area contributed by atoms with Crippen molar-refractivity contribution in [3.05, 3.63) is 89.9 Å². The quantitative estimate of drug-likeness (QED) is 0.477. The lowest BCUT2D eigenvalue weighted by molar-refractivity contribution is 0.306. The highest BCUT2D eigenvalue weighted by Crippen LogP contribution is 2.29. The zero-order valence-corrected chi connectivity index (χ0v) is 16.4. The van der Waals surface area contributed by atoms with E-state index in [1.807, 2.05) is 30.3 Å². The summed E-state index contributed by atoms with van der Waals surface area (Å²) in [6.07, 6.45) is 1.34. The van der Waals surface area contributed by atoms with E-state index in [0.29, 0.717) is 23.3 Å². The standard InChI is InChI=1S/C22H16FN3O3S/c23-19-10-16(12-24)6-9-20(19)26-30(27,28)22-13-25-21-11-17(7-8-18(21)22)29-14-15-4-2-1-3-5-15/h1-11,13,25-26H,14H2. The molecular formula is C22H16FN3O3S. The van der Waals surface area contributed by atoms with Crippen LogP contribution in [0.15, 0.2) is 77.8 Å². The summed E-state index contributed by atoms with van der Waals surface area (Å²) in [6.45, 7) is 0.387. The van der Waals surface area contributed by atoms with Gasteiger partial charge < -0.3 is 9.72 Å². The van der Waals surface area contributed by atoms with Gasteiger partial charge >= 0.3 is 0 Å². The number of halogens is 1. The van der Waals surface area contributed by atoms with Crippen molar-refractivity contribution in [2.75, 3.05) is 4.72 Å². The molecule has 1 aromatic heterocycles. The van der Waals surface area contributed by atoms with Crippen molar-refractivity contribution in [3.63, 3.8) is 0 Å². The van der Waals surface area contributed by atoms with Crippen LogP contribution < -0.4 is 9.46 Å². The number of nitriles is 1. The second-order valence-corrected chi connectivity index (χ2v) is 8.20. The third-order valence-electron chi connectivity index (χ3n) is 4.50. The maximum absolute atomic E-state index is 14.1. The molecule has 0 fully saturated rings. The summed E-state index contributed by atoms with van der Waals surface area (Å²) in [6, 6.07) is 20.0. The molecule has 0 aliphatic rings. The zero-order chi connectivity index (χ0) is 21.1. The van der Waals surface area contributed by atoms with Gasteiger partial charge in [-0.3, -0.25) is 4.72 Å². The summed E-state index contributed by atoms with van der Waals surface area (Å²) in [5, 5.41) is 9.26. The van der Waals surface area contributed by atoms with Gasteiger partial charge in [0.25, 0.3) is 10.0 Å². The molecule has 30 heavy (non-hydrogen) atoms. The molecule has 4 aromatic rings. The first-order valence-corrected chi connectivity index (χ1v) is 10.4. The van der Waals surface area contributed by atoms with Gasteiger partial charge in [0.15, 0.2) is 0 Å². The van der Waals surface area contributed by atoms with E-state index in [9.17, 15) is 12.8 Å². The zero-order valence-electron chi connectivity index (χ0n) is 15.6. The van der Waals surface area contributed by atoms with Crippen LogP contribution in [0.5, 0.6) is 5.75 Å². The van der Waals surface area contributed by atoms with Crippen LogP contribution in [0, 0.1) is 17.1 Å². The third kappa shape index (κ3) is 3.97. The molecular weight excluding hydrogens is 405 g/mol. The second-order valence-electron chi connectivity index (χ2n) is 6.55. The molecule has 0 atom stereocenters. The molecule has 0 radical (unpaired) electrons. The molecule has 2 N–H and O–H groups in total. The van der Waals surface area contributed by atoms with Crippen LogP contribution in [0.25, 0.3) is 10.9 Å². The number of H-pyrrole nitrogens is 1. The number of ether oxygens (including phenoxy) is 1. The minimum Gasteiger partial charge on any atom is -0.489 e. The largest absolute Gasteiger partial charge is 0.489 e. The van der Waals surface area contributed by atoms with Crippen molar-refractivity contribution in [1.29, 1.82) is 5.26 Å². The van der Waals surface area contributed by atoms with E-state index in [1.165, 1.54) is 18.3 Å². The van der Waals surface area contributed by atoms with E-state index < -0.39 is 15.8 Å². The predicted octanol–water partition coefficient (Wildman–Crippen LogP) is 4.56. The maximum atomic E-state index is 14.1. The fraction of sp³-hybridized carbons (Fsp3) is 0.0455. The number of anilines is 1. The van der Waals surface area contributed by atoms with Gasteiger partial charge in [0.1, 0.15) is 23.1 Å². The maximum Gasteiger partial charge on any atom is 0.264 e. The Morgan fingerprint density at radius 2 is 1.87 bits per heavy atom. The highest BCUT2D eigenvalue weighted by molar-refractivity contribution is 7.93. The Morgan fingerprint density at radius 3 is 2.60 bits per heavy atom. The number of sulfonamides is 1. The smallest absolute Gasteiger partial charge is 0.264 e. The van der Waals surface area contributed by atoms with Crippen molar-refractivity contribution in [1.82, 2.24) is 4.98 Å². The van der Waals surface area contributed by atoms with Crippen LogP contribution >= 0.6 is 0 Å². The average molecular weight is 421 g/mol. The Labute approximate surface area is 172 Å². The van der Waals surface area contributed by atoms with Crippen LogP contribution in [0.2, 0.25) is 0 Å². The first-order valence-electron chi connectivity index (χ1n) is 8.96. The van der Waals surface area contributed by atoms with Gasteiger partial charge in [0.2, 0.25) is 0 Å². The normalized spacial score (nSPS) is 11.2. The second kappa shape index (κ2) is 7.89. The fourth-order valence-corrected chi connectivity index (χ4v) is 4.25. The van der Waals surface area contributed by atoms with E-state index >= 15 is 0 Å². The Hall–Kier alpha value is -3.83. The van der Waals surface area contributed by atoms with Crippen molar-refractivity contribution in [2.24, 2.45) is 0 Å². The number of aromatic amines is 1. The monoisotopic (exact) mass is 421 g/mol. The molecule has 8 heteroatoms. The molecule has 0 aliphatic heterocycles. The van der Waals surface area contributed by atoms with E-state index in [1.54, 1.807) is 24.3 Å². The van der Waals surface area contributed by atoms with Gasteiger partial charge in [-0.25, -0.2) is 12.8 Å². The lowest BCUT2D eigenvalue weighted by atomic mass is 10.2. The molecule has 3 aromatic carbocycles. The van der Waals surface area contributed by atoms with Gasteiger partial charge in [-0.15, -0.1) is 0 Å². The summed E-state index contributed by atoms with van der Waals surface area (Å²) in [4.78, 5) is 2.90. The molecule has 1 heterocycles. The number of nitrogens with zero attached hydrogens (tertiary/aromatic N) is 1. The van der Waals surface area contributed by atoms with E-state index in [-0.39, 0.29) is 16.1 Å². The number of aromatic nitrogens is 1. The summed E-state index contributed by atoms with van der Waals surface area (Å²) in [5.74, 6) is -0.239. The van der Waals surface area contributed by atoms with E-state index in [0.717, 1.165) is 11.6 Å². The van der Waals surface area contributed by atoms with Gasteiger partial charge in [0, 0.05) is 17.6 Å². The number of nitrogens with one attached hydrogen (secondary N) is 2. The van der Waals surface area contributed by atoms with Gasteiger partial charge in [-0.2, -0.15) is 5.26 Å². The number of benzene rings is 3. The van der Waals surface area contributed by atoms with Crippen molar-refractivity contribution < 1.29 is 17.5 Å². The third-order valence-corrected chi connectivity index (χ3v) is 5.90. The molecule has 0 saturated carbocycles. The van der Waals surface area contributed by atoms with Crippen LogP contribution in [-0.4, -0.2) is 13.4 Å². The first-order chi connectivity index (χ1) is 14.5. The Balaban J connectivity index is 1.57. The van der Waals surface area contributed by atoms with Crippen LogP contribution in [0.3, 0.4) is 0 Å². The number of hydrogen-bond donors (Lipinski definition) is 2. The lowest BCUT2D eigenvalue weighted by Gasteiger charge is -2.09.